The number of rotatable bonds is 13. The summed E-state index contributed by atoms with van der Waals surface area (Å²) in [6, 6.07) is 16.8. The highest BCUT2D eigenvalue weighted by atomic mass is 35.5. The molecule has 0 fully saturated rings. The van der Waals surface area contributed by atoms with Crippen LogP contribution in [0.1, 0.15) is 38.7 Å². The number of sulfonamides is 1. The number of hydrogen-bond donors (Lipinski definition) is 1. The van der Waals surface area contributed by atoms with Crippen LogP contribution in [0.2, 0.25) is 10.0 Å². The van der Waals surface area contributed by atoms with E-state index in [9.17, 15) is 22.4 Å². The van der Waals surface area contributed by atoms with Crippen molar-refractivity contribution >= 4 is 50.7 Å². The van der Waals surface area contributed by atoms with Gasteiger partial charge in [-0.1, -0.05) is 79.9 Å². The number of nitrogens with one attached hydrogen (secondary N) is 1. The van der Waals surface area contributed by atoms with Crippen LogP contribution in [0.4, 0.5) is 10.1 Å². The van der Waals surface area contributed by atoms with Crippen molar-refractivity contribution in [1.29, 1.82) is 0 Å². The Hall–Kier alpha value is -3.14. The number of anilines is 1. The van der Waals surface area contributed by atoms with Gasteiger partial charge >= 0.3 is 0 Å². The first-order chi connectivity index (χ1) is 19.1. The monoisotopic (exact) mass is 607 g/mol. The van der Waals surface area contributed by atoms with Crippen molar-refractivity contribution in [2.24, 2.45) is 0 Å². The standard InChI is InChI=1S/C29H32Cl2FN3O4S/c1-3-5-18-33-29(37)25(4-2)34(19-21-14-16-22(32)17-15-21)27(36)20-35(26-13-9-12-24(30)28(26)31)40(38,39)23-10-7-6-8-11-23/h6-17,25H,3-5,18-20H2,1-2H3,(H,33,37)/t25-/m0/s1. The van der Waals surface area contributed by atoms with Crippen molar-refractivity contribution in [1.82, 2.24) is 10.2 Å². The van der Waals surface area contributed by atoms with Crippen LogP contribution in [0.5, 0.6) is 0 Å². The molecule has 1 N–H and O–H groups in total. The number of nitrogens with zero attached hydrogens (tertiary/aromatic N) is 2. The van der Waals surface area contributed by atoms with Gasteiger partial charge in [0.2, 0.25) is 11.8 Å². The molecule has 2 amide bonds. The average molecular weight is 609 g/mol. The van der Waals surface area contributed by atoms with E-state index in [0.717, 1.165) is 17.1 Å². The summed E-state index contributed by atoms with van der Waals surface area (Å²) < 4.78 is 42.2. The van der Waals surface area contributed by atoms with Crippen LogP contribution in [0.3, 0.4) is 0 Å². The first-order valence-electron chi connectivity index (χ1n) is 12.9. The Morgan fingerprint density at radius 3 is 2.25 bits per heavy atom. The summed E-state index contributed by atoms with van der Waals surface area (Å²) in [7, 11) is -4.28. The van der Waals surface area contributed by atoms with Crippen LogP contribution in [0.25, 0.3) is 0 Å². The van der Waals surface area contributed by atoms with Gasteiger partial charge in [0.25, 0.3) is 10.0 Å². The molecule has 0 bridgehead atoms. The zero-order valence-corrected chi connectivity index (χ0v) is 24.6. The highest BCUT2D eigenvalue weighted by Crippen LogP contribution is 2.35. The maximum atomic E-state index is 14.0. The summed E-state index contributed by atoms with van der Waals surface area (Å²) in [4.78, 5) is 28.4. The Balaban J connectivity index is 2.06. The molecule has 40 heavy (non-hydrogen) atoms. The summed E-state index contributed by atoms with van der Waals surface area (Å²) in [5.74, 6) is -1.44. The molecule has 0 aromatic heterocycles. The van der Waals surface area contributed by atoms with Gasteiger partial charge in [-0.15, -0.1) is 0 Å². The number of hydrogen-bond acceptors (Lipinski definition) is 4. The smallest absolute Gasteiger partial charge is 0.264 e. The van der Waals surface area contributed by atoms with Crippen LogP contribution >= 0.6 is 23.2 Å². The zero-order chi connectivity index (χ0) is 29.3. The summed E-state index contributed by atoms with van der Waals surface area (Å²) in [6.45, 7) is 3.51. The molecule has 0 radical (unpaired) electrons. The largest absolute Gasteiger partial charge is 0.354 e. The molecule has 7 nitrogen and oxygen atoms in total. The van der Waals surface area contributed by atoms with E-state index in [1.165, 1.54) is 59.5 Å². The lowest BCUT2D eigenvalue weighted by Crippen LogP contribution is -2.52. The lowest BCUT2D eigenvalue weighted by atomic mass is 10.1. The molecule has 0 aliphatic heterocycles. The quantitative estimate of drug-likeness (QED) is 0.240. The van der Waals surface area contributed by atoms with Gasteiger partial charge in [0.15, 0.2) is 0 Å². The Bertz CT molecular complexity index is 1410. The second kappa shape index (κ2) is 14.5. The molecular weight excluding hydrogens is 576 g/mol. The van der Waals surface area contributed by atoms with E-state index < -0.39 is 34.3 Å². The predicted octanol–water partition coefficient (Wildman–Crippen LogP) is 6.05. The molecule has 0 heterocycles. The molecule has 1 atom stereocenters. The molecule has 0 aliphatic carbocycles. The first-order valence-corrected chi connectivity index (χ1v) is 15.1. The van der Waals surface area contributed by atoms with Crippen molar-refractivity contribution in [2.75, 3.05) is 17.4 Å². The van der Waals surface area contributed by atoms with E-state index in [1.54, 1.807) is 25.1 Å². The highest BCUT2D eigenvalue weighted by Gasteiger charge is 2.34. The molecule has 214 valence electrons. The van der Waals surface area contributed by atoms with Gasteiger partial charge in [-0.05, 0) is 54.8 Å². The molecule has 3 aromatic carbocycles. The summed E-state index contributed by atoms with van der Waals surface area (Å²) in [5, 5.41) is 2.94. The minimum atomic E-state index is -4.28. The Kier molecular flexibility index (Phi) is 11.4. The van der Waals surface area contributed by atoms with Gasteiger partial charge < -0.3 is 10.2 Å². The lowest BCUT2D eigenvalue weighted by Gasteiger charge is -2.33. The Morgan fingerprint density at radius 1 is 0.950 bits per heavy atom. The van der Waals surface area contributed by atoms with Crippen LogP contribution < -0.4 is 9.62 Å². The fraction of sp³-hybridized carbons (Fsp3) is 0.310. The van der Waals surface area contributed by atoms with Crippen molar-refractivity contribution in [3.8, 4) is 0 Å². The molecular formula is C29H32Cl2FN3O4S. The van der Waals surface area contributed by atoms with Crippen molar-refractivity contribution < 1.29 is 22.4 Å². The van der Waals surface area contributed by atoms with E-state index in [4.69, 9.17) is 23.2 Å². The second-order valence-electron chi connectivity index (χ2n) is 9.11. The van der Waals surface area contributed by atoms with Gasteiger partial charge in [0.1, 0.15) is 18.4 Å². The van der Waals surface area contributed by atoms with E-state index in [0.29, 0.717) is 12.1 Å². The fourth-order valence-corrected chi connectivity index (χ4v) is 6.02. The third kappa shape index (κ3) is 7.74. The summed E-state index contributed by atoms with van der Waals surface area (Å²) >= 11 is 12.7. The third-order valence-corrected chi connectivity index (χ3v) is 8.87. The van der Waals surface area contributed by atoms with E-state index in [2.05, 4.69) is 5.32 Å². The number of unbranched alkanes of at least 4 members (excludes halogenated alkanes) is 1. The second-order valence-corrected chi connectivity index (χ2v) is 11.8. The topological polar surface area (TPSA) is 86.8 Å². The van der Waals surface area contributed by atoms with Crippen molar-refractivity contribution in [3.63, 3.8) is 0 Å². The molecule has 0 spiro atoms. The van der Waals surface area contributed by atoms with E-state index in [1.807, 2.05) is 6.92 Å². The maximum absolute atomic E-state index is 14.0. The fourth-order valence-electron chi connectivity index (χ4n) is 4.13. The maximum Gasteiger partial charge on any atom is 0.264 e. The number of benzene rings is 3. The van der Waals surface area contributed by atoms with Gasteiger partial charge in [-0.3, -0.25) is 13.9 Å². The zero-order valence-electron chi connectivity index (χ0n) is 22.3. The van der Waals surface area contributed by atoms with Crippen LogP contribution in [-0.4, -0.2) is 44.3 Å². The SMILES string of the molecule is CCCCNC(=O)[C@H](CC)N(Cc1ccc(F)cc1)C(=O)CN(c1cccc(Cl)c1Cl)S(=O)(=O)c1ccccc1. The normalized spacial score (nSPS) is 12.0. The molecule has 3 rings (SSSR count). The van der Waals surface area contributed by atoms with E-state index in [-0.39, 0.29) is 39.5 Å². The van der Waals surface area contributed by atoms with Gasteiger partial charge in [-0.25, -0.2) is 12.8 Å². The third-order valence-electron chi connectivity index (χ3n) is 6.29. The van der Waals surface area contributed by atoms with Crippen LogP contribution in [0.15, 0.2) is 77.7 Å². The average Bonchev–Trinajstić information content (AvgIpc) is 2.95. The predicted molar refractivity (Wildman–Crippen MR) is 156 cm³/mol. The summed E-state index contributed by atoms with van der Waals surface area (Å²) in [5.41, 5.74) is 0.598. The summed E-state index contributed by atoms with van der Waals surface area (Å²) in [6.07, 6.45) is 1.92. The minimum Gasteiger partial charge on any atom is -0.354 e. The first kappa shape index (κ1) is 31.4. The molecule has 11 heteroatoms. The number of carbonyl (C=O) groups is 2. The lowest BCUT2D eigenvalue weighted by molar-refractivity contribution is -0.140. The van der Waals surface area contributed by atoms with Crippen molar-refractivity contribution in [3.05, 3.63) is 94.2 Å². The van der Waals surface area contributed by atoms with Crippen LogP contribution in [0, 0.1) is 5.82 Å². The van der Waals surface area contributed by atoms with Gasteiger partial charge in [-0.2, -0.15) is 0 Å². The minimum absolute atomic E-state index is 0.0218. The van der Waals surface area contributed by atoms with Crippen LogP contribution in [-0.2, 0) is 26.2 Å². The Labute approximate surface area is 244 Å². The Morgan fingerprint density at radius 2 is 1.62 bits per heavy atom. The highest BCUT2D eigenvalue weighted by molar-refractivity contribution is 7.92. The number of carbonyl (C=O) groups excluding carboxylic acids is 2. The molecule has 0 aliphatic rings. The van der Waals surface area contributed by atoms with Gasteiger partial charge in [0, 0.05) is 13.1 Å². The number of halogens is 3. The number of amides is 2. The van der Waals surface area contributed by atoms with E-state index >= 15 is 0 Å². The molecule has 0 saturated carbocycles. The molecule has 0 saturated heterocycles. The molecule has 0 unspecified atom stereocenters. The molecule has 3 aromatic rings. The van der Waals surface area contributed by atoms with Crippen molar-refractivity contribution in [2.45, 2.75) is 50.6 Å². The van der Waals surface area contributed by atoms with Gasteiger partial charge in [0.05, 0.1) is 20.6 Å².